The minimum atomic E-state index is 0.157. The van der Waals surface area contributed by atoms with Crippen LogP contribution in [0.1, 0.15) is 30.4 Å². The highest BCUT2D eigenvalue weighted by Crippen LogP contribution is 2.28. The van der Waals surface area contributed by atoms with Gasteiger partial charge in [0, 0.05) is 23.4 Å². The smallest absolute Gasteiger partial charge is 0.170 e. The largest absolute Gasteiger partial charge is 0.409 e. The molecule has 4 nitrogen and oxygen atoms in total. The molecule has 2 rings (SSSR count). The highest BCUT2D eigenvalue weighted by molar-refractivity contribution is 7.99. The molecule has 0 bridgehead atoms. The fourth-order valence-corrected chi connectivity index (χ4v) is 3.55. The standard InChI is InChI=1S/C14H21N3OS/c1-19-13-7-3-6-12(13)16-9-10-4-2-5-11(8-10)14(15)17-18/h2,4-5,8,12-13,16,18H,3,6-7,9H2,1H3,(H2,15,17). The van der Waals surface area contributed by atoms with Crippen LogP contribution in [0.2, 0.25) is 0 Å². The summed E-state index contributed by atoms with van der Waals surface area (Å²) in [5.41, 5.74) is 7.52. The molecule has 19 heavy (non-hydrogen) atoms. The van der Waals surface area contributed by atoms with Gasteiger partial charge in [-0.2, -0.15) is 11.8 Å². The Balaban J connectivity index is 1.96. The minimum absolute atomic E-state index is 0.157. The van der Waals surface area contributed by atoms with Crippen LogP contribution in [0, 0.1) is 0 Å². The van der Waals surface area contributed by atoms with E-state index in [1.54, 1.807) is 0 Å². The second kappa shape index (κ2) is 6.82. The lowest BCUT2D eigenvalue weighted by atomic mass is 10.1. The van der Waals surface area contributed by atoms with Crippen LogP contribution in [0.25, 0.3) is 0 Å². The number of hydrogen-bond donors (Lipinski definition) is 3. The summed E-state index contributed by atoms with van der Waals surface area (Å²) in [6.07, 6.45) is 6.06. The van der Waals surface area contributed by atoms with Crippen LogP contribution < -0.4 is 11.1 Å². The SMILES string of the molecule is CSC1CCCC1NCc1cccc(/C(N)=N/O)c1. The van der Waals surface area contributed by atoms with E-state index in [0.717, 1.165) is 22.9 Å². The summed E-state index contributed by atoms with van der Waals surface area (Å²) in [6.45, 7) is 0.828. The third kappa shape index (κ3) is 3.64. The topological polar surface area (TPSA) is 70.6 Å². The Labute approximate surface area is 118 Å². The molecule has 5 heteroatoms. The first-order valence-corrected chi connectivity index (χ1v) is 7.86. The summed E-state index contributed by atoms with van der Waals surface area (Å²) in [5, 5.41) is 16.1. The summed E-state index contributed by atoms with van der Waals surface area (Å²) in [4.78, 5) is 0. The van der Waals surface area contributed by atoms with Crippen molar-refractivity contribution in [3.8, 4) is 0 Å². The summed E-state index contributed by atoms with van der Waals surface area (Å²) in [6, 6.07) is 8.40. The van der Waals surface area contributed by atoms with Crippen molar-refractivity contribution < 1.29 is 5.21 Å². The number of amidine groups is 1. The van der Waals surface area contributed by atoms with E-state index >= 15 is 0 Å². The highest BCUT2D eigenvalue weighted by atomic mass is 32.2. The molecule has 1 aliphatic rings. The van der Waals surface area contributed by atoms with Crippen molar-refractivity contribution in [1.82, 2.24) is 5.32 Å². The van der Waals surface area contributed by atoms with E-state index in [-0.39, 0.29) is 5.84 Å². The number of nitrogens with zero attached hydrogens (tertiary/aromatic N) is 1. The monoisotopic (exact) mass is 279 g/mol. The lowest BCUT2D eigenvalue weighted by Crippen LogP contribution is -2.33. The van der Waals surface area contributed by atoms with E-state index in [2.05, 4.69) is 22.8 Å². The minimum Gasteiger partial charge on any atom is -0.409 e. The number of nitrogens with two attached hydrogens (primary N) is 1. The number of rotatable bonds is 5. The maximum Gasteiger partial charge on any atom is 0.170 e. The molecule has 1 fully saturated rings. The van der Waals surface area contributed by atoms with Gasteiger partial charge in [-0.1, -0.05) is 29.8 Å². The van der Waals surface area contributed by atoms with Crippen molar-refractivity contribution in [1.29, 1.82) is 0 Å². The van der Waals surface area contributed by atoms with Crippen molar-refractivity contribution in [3.05, 3.63) is 35.4 Å². The second-order valence-corrected chi connectivity index (χ2v) is 5.95. The Hall–Kier alpha value is -1.20. The fraction of sp³-hybridized carbons (Fsp3) is 0.500. The number of hydrogen-bond acceptors (Lipinski definition) is 4. The Bertz CT molecular complexity index is 450. The zero-order valence-electron chi connectivity index (χ0n) is 11.2. The van der Waals surface area contributed by atoms with Gasteiger partial charge in [0.05, 0.1) is 0 Å². The molecule has 1 aromatic rings. The van der Waals surface area contributed by atoms with Gasteiger partial charge in [0.1, 0.15) is 0 Å². The molecule has 2 unspecified atom stereocenters. The quantitative estimate of drug-likeness (QED) is 0.334. The van der Waals surface area contributed by atoms with Crippen molar-refractivity contribution in [2.45, 2.75) is 37.1 Å². The molecule has 104 valence electrons. The zero-order chi connectivity index (χ0) is 13.7. The first-order chi connectivity index (χ1) is 9.24. The van der Waals surface area contributed by atoms with Crippen LogP contribution in [-0.4, -0.2) is 28.6 Å². The van der Waals surface area contributed by atoms with E-state index in [1.807, 2.05) is 30.0 Å². The van der Waals surface area contributed by atoms with Crippen molar-refractivity contribution in [2.75, 3.05) is 6.26 Å². The summed E-state index contributed by atoms with van der Waals surface area (Å²) < 4.78 is 0. The van der Waals surface area contributed by atoms with Gasteiger partial charge in [0.25, 0.3) is 0 Å². The molecule has 2 atom stereocenters. The first-order valence-electron chi connectivity index (χ1n) is 6.57. The lowest BCUT2D eigenvalue weighted by Gasteiger charge is -2.19. The van der Waals surface area contributed by atoms with Crippen LogP contribution in [0.5, 0.6) is 0 Å². The maximum atomic E-state index is 8.69. The second-order valence-electron chi connectivity index (χ2n) is 4.88. The van der Waals surface area contributed by atoms with E-state index in [0.29, 0.717) is 6.04 Å². The Morgan fingerprint density at radius 3 is 3.11 bits per heavy atom. The summed E-state index contributed by atoms with van der Waals surface area (Å²) in [7, 11) is 0. The van der Waals surface area contributed by atoms with Gasteiger partial charge in [0.15, 0.2) is 5.84 Å². The molecule has 0 heterocycles. The lowest BCUT2D eigenvalue weighted by molar-refractivity contribution is 0.318. The van der Waals surface area contributed by atoms with E-state index < -0.39 is 0 Å². The number of benzene rings is 1. The molecule has 0 aliphatic heterocycles. The molecule has 1 aliphatic carbocycles. The predicted molar refractivity (Wildman–Crippen MR) is 80.7 cm³/mol. The van der Waals surface area contributed by atoms with E-state index in [9.17, 15) is 0 Å². The average molecular weight is 279 g/mol. The number of oxime groups is 1. The summed E-state index contributed by atoms with van der Waals surface area (Å²) in [5.74, 6) is 0.157. The number of nitrogens with one attached hydrogen (secondary N) is 1. The van der Waals surface area contributed by atoms with Gasteiger partial charge in [-0.15, -0.1) is 0 Å². The Morgan fingerprint density at radius 1 is 1.53 bits per heavy atom. The molecule has 0 radical (unpaired) electrons. The van der Waals surface area contributed by atoms with Crippen molar-refractivity contribution in [2.24, 2.45) is 10.9 Å². The van der Waals surface area contributed by atoms with Crippen molar-refractivity contribution in [3.63, 3.8) is 0 Å². The molecular formula is C14H21N3OS. The van der Waals surface area contributed by atoms with E-state index in [1.165, 1.54) is 19.3 Å². The van der Waals surface area contributed by atoms with Gasteiger partial charge in [-0.3, -0.25) is 0 Å². The number of thioether (sulfide) groups is 1. The molecule has 0 aromatic heterocycles. The van der Waals surface area contributed by atoms with Crippen LogP contribution in [0.15, 0.2) is 29.4 Å². The fourth-order valence-electron chi connectivity index (χ4n) is 2.59. The van der Waals surface area contributed by atoms with Gasteiger partial charge >= 0.3 is 0 Å². The van der Waals surface area contributed by atoms with Gasteiger partial charge in [-0.25, -0.2) is 0 Å². The molecule has 4 N–H and O–H groups in total. The van der Waals surface area contributed by atoms with Gasteiger partial charge < -0.3 is 16.3 Å². The normalized spacial score (nSPS) is 23.7. The molecule has 0 amide bonds. The Morgan fingerprint density at radius 2 is 2.37 bits per heavy atom. The van der Waals surface area contributed by atoms with Crippen LogP contribution in [0.3, 0.4) is 0 Å². The summed E-state index contributed by atoms with van der Waals surface area (Å²) >= 11 is 1.95. The van der Waals surface area contributed by atoms with Gasteiger partial charge in [-0.05, 0) is 30.7 Å². The Kier molecular flexibility index (Phi) is 5.10. The third-order valence-electron chi connectivity index (χ3n) is 3.65. The molecule has 1 aromatic carbocycles. The molecule has 0 spiro atoms. The average Bonchev–Trinajstić information content (AvgIpc) is 2.92. The van der Waals surface area contributed by atoms with Crippen LogP contribution in [-0.2, 0) is 6.54 Å². The molecular weight excluding hydrogens is 258 g/mol. The molecule has 0 saturated heterocycles. The molecule has 1 saturated carbocycles. The van der Waals surface area contributed by atoms with Crippen LogP contribution in [0.4, 0.5) is 0 Å². The van der Waals surface area contributed by atoms with Gasteiger partial charge in [0.2, 0.25) is 0 Å². The highest BCUT2D eigenvalue weighted by Gasteiger charge is 2.25. The van der Waals surface area contributed by atoms with E-state index in [4.69, 9.17) is 10.9 Å². The third-order valence-corrected chi connectivity index (χ3v) is 4.82. The zero-order valence-corrected chi connectivity index (χ0v) is 12.0. The maximum absolute atomic E-state index is 8.69. The van der Waals surface area contributed by atoms with Crippen LogP contribution >= 0.6 is 11.8 Å². The predicted octanol–water partition coefficient (Wildman–Crippen LogP) is 2.15. The van der Waals surface area contributed by atoms with Crippen molar-refractivity contribution >= 4 is 17.6 Å². The first kappa shape index (κ1) is 14.2.